The van der Waals surface area contributed by atoms with Crippen molar-refractivity contribution in [1.29, 1.82) is 0 Å². The molecule has 1 amide bonds. The molecule has 200 valence electrons. The van der Waals surface area contributed by atoms with Crippen LogP contribution in [-0.2, 0) is 36.0 Å². The molecule has 13 nitrogen and oxygen atoms in total. The van der Waals surface area contributed by atoms with Crippen molar-refractivity contribution >= 4 is 31.6 Å². The van der Waals surface area contributed by atoms with Crippen LogP contribution in [0, 0.1) is 0 Å². The van der Waals surface area contributed by atoms with Gasteiger partial charge in [0.1, 0.15) is 29.2 Å². The summed E-state index contributed by atoms with van der Waals surface area (Å²) in [5, 5.41) is 15.8. The Morgan fingerprint density at radius 1 is 0.872 bits per heavy atom. The first kappa shape index (κ1) is 26.0. The molecule has 0 saturated heterocycles. The highest BCUT2D eigenvalue weighted by Crippen LogP contribution is 2.27. The van der Waals surface area contributed by atoms with Crippen LogP contribution in [0.1, 0.15) is 11.8 Å². The molecular weight excluding hydrogens is 548 g/mol. The summed E-state index contributed by atoms with van der Waals surface area (Å²) in [5.74, 6) is -3.92. The van der Waals surface area contributed by atoms with Crippen LogP contribution in [0.5, 0.6) is 0 Å². The minimum Gasteiger partial charge on any atom is -0.431 e. The van der Waals surface area contributed by atoms with Gasteiger partial charge in [-0.15, -0.1) is 10.2 Å². The van der Waals surface area contributed by atoms with Gasteiger partial charge in [-0.1, -0.05) is 60.7 Å². The number of hydrogen-bond acceptors (Lipinski definition) is 11. The number of benzene rings is 2. The second-order valence-corrected chi connectivity index (χ2v) is 12.3. The molecule has 2 aromatic carbocycles. The summed E-state index contributed by atoms with van der Waals surface area (Å²) >= 11 is 0. The van der Waals surface area contributed by atoms with Crippen LogP contribution in [0.3, 0.4) is 0 Å². The lowest BCUT2D eigenvalue weighted by Gasteiger charge is -2.03. The van der Waals surface area contributed by atoms with E-state index >= 15 is 0 Å². The van der Waals surface area contributed by atoms with Crippen LogP contribution >= 0.6 is 0 Å². The summed E-state index contributed by atoms with van der Waals surface area (Å²) in [6.07, 6.45) is 2.72. The van der Waals surface area contributed by atoms with E-state index in [-0.39, 0.29) is 22.8 Å². The van der Waals surface area contributed by atoms with Gasteiger partial charge in [-0.2, -0.15) is 10.1 Å². The lowest BCUT2D eigenvalue weighted by atomic mass is 10.1. The highest BCUT2D eigenvalue weighted by Gasteiger charge is 2.27. The topological polar surface area (TPSA) is 191 Å². The molecule has 2 N–H and O–H groups in total. The number of sulfone groups is 2. The molecule has 39 heavy (non-hydrogen) atoms. The van der Waals surface area contributed by atoms with Gasteiger partial charge in [0.25, 0.3) is 0 Å². The fourth-order valence-electron chi connectivity index (χ4n) is 3.64. The van der Waals surface area contributed by atoms with E-state index in [1.807, 2.05) is 18.2 Å². The standard InChI is InChI=1S/C24H20N6O7S2/c31-20(27-24-26-19(12-36-24)17-9-5-2-6-10-17)13-38(32,33)14-21-28-29-22(37-21)15-39(34,35)23-18(11-25-30-23)16-7-3-1-4-8-16/h1-12H,13-15H2,(H,25,30)(H,26,27,31). The number of aromatic amines is 1. The highest BCUT2D eigenvalue weighted by atomic mass is 32.2. The second-order valence-electron chi connectivity index (χ2n) is 8.31. The van der Waals surface area contributed by atoms with Crippen molar-refractivity contribution in [2.45, 2.75) is 16.5 Å². The lowest BCUT2D eigenvalue weighted by Crippen LogP contribution is -2.24. The summed E-state index contributed by atoms with van der Waals surface area (Å²) in [6.45, 7) is 0. The van der Waals surface area contributed by atoms with Crippen molar-refractivity contribution in [3.8, 4) is 22.4 Å². The minimum absolute atomic E-state index is 0.139. The van der Waals surface area contributed by atoms with Crippen molar-refractivity contribution in [3.63, 3.8) is 0 Å². The van der Waals surface area contributed by atoms with Crippen LogP contribution in [-0.4, -0.2) is 53.9 Å². The summed E-state index contributed by atoms with van der Waals surface area (Å²) in [7, 11) is -8.06. The SMILES string of the molecule is O=C(CS(=O)(=O)Cc1nnc(CS(=O)(=O)c2[nH]ncc2-c2ccccc2)o1)Nc1nc(-c2ccccc2)co1. The second kappa shape index (κ2) is 10.6. The number of anilines is 1. The predicted octanol–water partition coefficient (Wildman–Crippen LogP) is 2.64. The number of aromatic nitrogens is 5. The third-order valence-corrected chi connectivity index (χ3v) is 8.29. The maximum atomic E-state index is 13.0. The van der Waals surface area contributed by atoms with Crippen LogP contribution in [0.15, 0.2) is 87.0 Å². The van der Waals surface area contributed by atoms with Crippen LogP contribution < -0.4 is 5.32 Å². The van der Waals surface area contributed by atoms with Gasteiger partial charge in [-0.3, -0.25) is 15.2 Å². The Bertz CT molecular complexity index is 1810. The molecule has 0 aliphatic heterocycles. The van der Waals surface area contributed by atoms with Crippen LogP contribution in [0.25, 0.3) is 22.4 Å². The zero-order chi connectivity index (χ0) is 27.5. The van der Waals surface area contributed by atoms with E-state index in [0.717, 1.165) is 5.56 Å². The van der Waals surface area contributed by atoms with Gasteiger partial charge in [0, 0.05) is 11.1 Å². The molecule has 0 radical (unpaired) electrons. The Kier molecular flexibility index (Phi) is 7.08. The Morgan fingerprint density at radius 3 is 2.21 bits per heavy atom. The fraction of sp³-hybridized carbons (Fsp3) is 0.125. The number of nitrogens with one attached hydrogen (secondary N) is 2. The van der Waals surface area contributed by atoms with Gasteiger partial charge >= 0.3 is 6.01 Å². The highest BCUT2D eigenvalue weighted by molar-refractivity contribution is 7.91. The van der Waals surface area contributed by atoms with E-state index in [1.165, 1.54) is 12.5 Å². The lowest BCUT2D eigenvalue weighted by molar-refractivity contribution is -0.114. The van der Waals surface area contributed by atoms with Crippen molar-refractivity contribution in [3.05, 3.63) is 84.9 Å². The number of rotatable bonds is 10. The van der Waals surface area contributed by atoms with Gasteiger partial charge < -0.3 is 8.83 Å². The first-order valence-electron chi connectivity index (χ1n) is 11.3. The average Bonchev–Trinajstić information content (AvgIpc) is 3.66. The normalized spacial score (nSPS) is 11.9. The minimum atomic E-state index is -4.06. The van der Waals surface area contributed by atoms with E-state index in [9.17, 15) is 21.6 Å². The first-order chi connectivity index (χ1) is 18.7. The van der Waals surface area contributed by atoms with Gasteiger partial charge in [0.2, 0.25) is 27.5 Å². The van der Waals surface area contributed by atoms with E-state index in [2.05, 4.69) is 30.7 Å². The molecular formula is C24H20N6O7S2. The Labute approximate surface area is 222 Å². The molecule has 5 aromatic rings. The molecule has 3 aromatic heterocycles. The van der Waals surface area contributed by atoms with E-state index in [1.54, 1.807) is 42.5 Å². The average molecular weight is 569 g/mol. The first-order valence-corrected chi connectivity index (χ1v) is 14.8. The molecule has 0 aliphatic rings. The third kappa shape index (κ3) is 6.27. The molecule has 15 heteroatoms. The zero-order valence-corrected chi connectivity index (χ0v) is 21.6. The fourth-order valence-corrected chi connectivity index (χ4v) is 5.99. The largest absolute Gasteiger partial charge is 0.431 e. The van der Waals surface area contributed by atoms with Gasteiger partial charge in [0.15, 0.2) is 14.9 Å². The van der Waals surface area contributed by atoms with E-state index < -0.39 is 42.8 Å². The Morgan fingerprint density at radius 2 is 1.51 bits per heavy atom. The van der Waals surface area contributed by atoms with Crippen molar-refractivity contribution in [2.75, 3.05) is 11.1 Å². The Hall–Kier alpha value is -4.63. The van der Waals surface area contributed by atoms with Crippen molar-refractivity contribution in [2.24, 2.45) is 0 Å². The van der Waals surface area contributed by atoms with Crippen LogP contribution in [0.2, 0.25) is 0 Å². The molecule has 3 heterocycles. The molecule has 0 saturated carbocycles. The molecule has 0 atom stereocenters. The van der Waals surface area contributed by atoms with E-state index in [4.69, 9.17) is 8.83 Å². The maximum absolute atomic E-state index is 13.0. The molecule has 0 bridgehead atoms. The summed E-state index contributed by atoms with van der Waals surface area (Å²) in [5.41, 5.74) is 2.23. The number of nitrogens with zero attached hydrogens (tertiary/aromatic N) is 4. The molecule has 0 aliphatic carbocycles. The number of amides is 1. The van der Waals surface area contributed by atoms with Gasteiger partial charge in [0.05, 0.1) is 6.20 Å². The smallest absolute Gasteiger partial charge is 0.301 e. The van der Waals surface area contributed by atoms with Crippen molar-refractivity contribution < 1.29 is 30.5 Å². The number of carbonyl (C=O) groups is 1. The Balaban J connectivity index is 1.21. The third-order valence-electron chi connectivity index (χ3n) is 5.34. The number of H-pyrrole nitrogens is 1. The van der Waals surface area contributed by atoms with Gasteiger partial charge in [-0.25, -0.2) is 16.8 Å². The molecule has 0 spiro atoms. The molecule has 0 fully saturated rings. The summed E-state index contributed by atoms with van der Waals surface area (Å²) < 4.78 is 61.5. The van der Waals surface area contributed by atoms with Gasteiger partial charge in [-0.05, 0) is 5.56 Å². The quantitative estimate of drug-likeness (QED) is 0.252. The summed E-state index contributed by atoms with van der Waals surface area (Å²) in [4.78, 5) is 16.4. The summed E-state index contributed by atoms with van der Waals surface area (Å²) in [6, 6.07) is 17.7. The number of oxazole rings is 1. The zero-order valence-electron chi connectivity index (χ0n) is 20.0. The monoisotopic (exact) mass is 568 g/mol. The van der Waals surface area contributed by atoms with E-state index in [0.29, 0.717) is 16.8 Å². The molecule has 5 rings (SSSR count). The number of carbonyl (C=O) groups excluding carboxylic acids is 1. The van der Waals surface area contributed by atoms with Crippen molar-refractivity contribution in [1.82, 2.24) is 25.4 Å². The maximum Gasteiger partial charge on any atom is 0.301 e. The predicted molar refractivity (Wildman–Crippen MR) is 137 cm³/mol. The van der Waals surface area contributed by atoms with Crippen LogP contribution in [0.4, 0.5) is 6.01 Å². The molecule has 0 unspecified atom stereocenters. The number of hydrogen-bond donors (Lipinski definition) is 2.